The summed E-state index contributed by atoms with van der Waals surface area (Å²) in [7, 11) is 4.26. The van der Waals surface area contributed by atoms with Crippen LogP contribution < -0.4 is 5.32 Å². The molecular formula is C15H28N4O. The fraction of sp³-hybridized carbons (Fsp3) is 0.800. The molecule has 1 saturated heterocycles. The molecule has 0 saturated carbocycles. The Kier molecular flexibility index (Phi) is 5.57. The molecule has 0 spiro atoms. The molecule has 20 heavy (non-hydrogen) atoms. The highest BCUT2D eigenvalue weighted by Crippen LogP contribution is 2.25. The Hall–Kier alpha value is -0.910. The van der Waals surface area contributed by atoms with Gasteiger partial charge in [0.2, 0.25) is 0 Å². The van der Waals surface area contributed by atoms with Crippen LogP contribution in [0.2, 0.25) is 0 Å². The maximum Gasteiger partial charge on any atom is 0.111 e. The first-order valence-electron chi connectivity index (χ1n) is 7.56. The largest absolute Gasteiger partial charge is 0.369 e. The second-order valence-electron chi connectivity index (χ2n) is 6.33. The van der Waals surface area contributed by atoms with E-state index in [0.717, 1.165) is 32.7 Å². The van der Waals surface area contributed by atoms with Crippen molar-refractivity contribution in [2.45, 2.75) is 32.4 Å². The van der Waals surface area contributed by atoms with Gasteiger partial charge in [0.05, 0.1) is 24.8 Å². The first kappa shape index (κ1) is 15.5. The lowest BCUT2D eigenvalue weighted by atomic mass is 10.0. The fourth-order valence-electron chi connectivity index (χ4n) is 2.87. The quantitative estimate of drug-likeness (QED) is 0.861. The van der Waals surface area contributed by atoms with Crippen molar-refractivity contribution in [3.05, 3.63) is 18.2 Å². The Morgan fingerprint density at radius 3 is 2.90 bits per heavy atom. The molecule has 1 N–H and O–H groups in total. The molecule has 1 aliphatic rings. The van der Waals surface area contributed by atoms with E-state index in [0.29, 0.717) is 12.0 Å². The molecule has 2 heterocycles. The maximum absolute atomic E-state index is 5.89. The third-order valence-corrected chi connectivity index (χ3v) is 3.67. The van der Waals surface area contributed by atoms with Gasteiger partial charge in [0.15, 0.2) is 0 Å². The molecule has 2 atom stereocenters. The number of morpholine rings is 1. The molecule has 1 aromatic heterocycles. The van der Waals surface area contributed by atoms with E-state index in [9.17, 15) is 0 Å². The SMILES string of the molecule is CC(C)CC(CN(C)C)n1cncc1C1CNCCO1. The number of rotatable bonds is 6. The maximum atomic E-state index is 5.89. The number of imidazole rings is 1. The summed E-state index contributed by atoms with van der Waals surface area (Å²) >= 11 is 0. The van der Waals surface area contributed by atoms with E-state index in [1.165, 1.54) is 5.69 Å². The number of hydrogen-bond acceptors (Lipinski definition) is 4. The van der Waals surface area contributed by atoms with Crippen LogP contribution in [0.3, 0.4) is 0 Å². The monoisotopic (exact) mass is 280 g/mol. The summed E-state index contributed by atoms with van der Waals surface area (Å²) in [6.45, 7) is 8.18. The molecule has 5 heteroatoms. The van der Waals surface area contributed by atoms with Crippen molar-refractivity contribution in [2.75, 3.05) is 40.3 Å². The lowest BCUT2D eigenvalue weighted by molar-refractivity contribution is 0.0213. The Labute approximate surface area is 122 Å². The lowest BCUT2D eigenvalue weighted by Crippen LogP contribution is -2.35. The van der Waals surface area contributed by atoms with Crippen LogP contribution in [0, 0.1) is 5.92 Å². The molecule has 0 aromatic carbocycles. The third kappa shape index (κ3) is 4.04. The van der Waals surface area contributed by atoms with Gasteiger partial charge in [-0.2, -0.15) is 0 Å². The van der Waals surface area contributed by atoms with E-state index in [4.69, 9.17) is 4.74 Å². The van der Waals surface area contributed by atoms with Gasteiger partial charge in [0, 0.05) is 25.7 Å². The minimum atomic E-state index is 0.128. The molecule has 0 amide bonds. The molecule has 0 bridgehead atoms. The summed E-state index contributed by atoms with van der Waals surface area (Å²) in [5.74, 6) is 0.667. The number of likely N-dealkylation sites (N-methyl/N-ethyl adjacent to an activating group) is 1. The highest BCUT2D eigenvalue weighted by atomic mass is 16.5. The second kappa shape index (κ2) is 7.20. The van der Waals surface area contributed by atoms with Crippen molar-refractivity contribution in [1.82, 2.24) is 19.8 Å². The van der Waals surface area contributed by atoms with Gasteiger partial charge in [-0.1, -0.05) is 13.8 Å². The van der Waals surface area contributed by atoms with Crippen molar-refractivity contribution in [1.29, 1.82) is 0 Å². The molecule has 114 valence electrons. The Morgan fingerprint density at radius 2 is 2.30 bits per heavy atom. The van der Waals surface area contributed by atoms with Crippen molar-refractivity contribution in [3.63, 3.8) is 0 Å². The molecule has 1 fully saturated rings. The predicted octanol–water partition coefficient (Wildman–Crippen LogP) is 1.69. The second-order valence-corrected chi connectivity index (χ2v) is 6.33. The minimum Gasteiger partial charge on any atom is -0.369 e. The summed E-state index contributed by atoms with van der Waals surface area (Å²) in [4.78, 5) is 6.62. The van der Waals surface area contributed by atoms with Crippen LogP contribution in [0.4, 0.5) is 0 Å². The van der Waals surface area contributed by atoms with E-state index in [1.807, 2.05) is 12.5 Å². The summed E-state index contributed by atoms with van der Waals surface area (Å²) in [6, 6.07) is 0.452. The molecule has 0 aliphatic carbocycles. The number of nitrogens with zero attached hydrogens (tertiary/aromatic N) is 3. The average Bonchev–Trinajstić information content (AvgIpc) is 2.87. The summed E-state index contributed by atoms with van der Waals surface area (Å²) in [5.41, 5.74) is 1.20. The summed E-state index contributed by atoms with van der Waals surface area (Å²) < 4.78 is 8.20. The highest BCUT2D eigenvalue weighted by Gasteiger charge is 2.23. The van der Waals surface area contributed by atoms with Gasteiger partial charge in [-0.15, -0.1) is 0 Å². The number of aromatic nitrogens is 2. The summed E-state index contributed by atoms with van der Waals surface area (Å²) in [5, 5.41) is 3.39. The van der Waals surface area contributed by atoms with Crippen LogP contribution in [0.25, 0.3) is 0 Å². The van der Waals surface area contributed by atoms with Crippen molar-refractivity contribution >= 4 is 0 Å². The molecule has 0 radical (unpaired) electrons. The normalized spacial score (nSPS) is 21.6. The van der Waals surface area contributed by atoms with Gasteiger partial charge >= 0.3 is 0 Å². The zero-order valence-electron chi connectivity index (χ0n) is 13.2. The van der Waals surface area contributed by atoms with E-state index in [2.05, 4.69) is 47.7 Å². The highest BCUT2D eigenvalue weighted by molar-refractivity contribution is 5.07. The topological polar surface area (TPSA) is 42.3 Å². The third-order valence-electron chi connectivity index (χ3n) is 3.67. The molecule has 1 aromatic rings. The van der Waals surface area contributed by atoms with Crippen LogP contribution in [0.15, 0.2) is 12.5 Å². The van der Waals surface area contributed by atoms with E-state index in [-0.39, 0.29) is 6.10 Å². The fourth-order valence-corrected chi connectivity index (χ4v) is 2.87. The van der Waals surface area contributed by atoms with Gasteiger partial charge in [-0.05, 0) is 26.4 Å². The Balaban J connectivity index is 2.17. The first-order valence-corrected chi connectivity index (χ1v) is 7.56. The van der Waals surface area contributed by atoms with Crippen molar-refractivity contribution in [3.8, 4) is 0 Å². The van der Waals surface area contributed by atoms with E-state index in [1.54, 1.807) is 0 Å². The number of ether oxygens (including phenoxy) is 1. The van der Waals surface area contributed by atoms with Gasteiger partial charge in [-0.3, -0.25) is 0 Å². The van der Waals surface area contributed by atoms with Crippen LogP contribution in [0.1, 0.15) is 38.1 Å². The molecule has 5 nitrogen and oxygen atoms in total. The molecule has 1 aliphatic heterocycles. The number of hydrogen-bond donors (Lipinski definition) is 1. The zero-order valence-corrected chi connectivity index (χ0v) is 13.2. The van der Waals surface area contributed by atoms with E-state index >= 15 is 0 Å². The zero-order chi connectivity index (χ0) is 14.5. The van der Waals surface area contributed by atoms with Crippen molar-refractivity contribution in [2.24, 2.45) is 5.92 Å². The van der Waals surface area contributed by atoms with Gasteiger partial charge in [-0.25, -0.2) is 4.98 Å². The molecular weight excluding hydrogens is 252 g/mol. The van der Waals surface area contributed by atoms with Gasteiger partial charge < -0.3 is 19.5 Å². The smallest absolute Gasteiger partial charge is 0.111 e. The van der Waals surface area contributed by atoms with Crippen LogP contribution in [-0.4, -0.2) is 54.8 Å². The van der Waals surface area contributed by atoms with E-state index < -0.39 is 0 Å². The average molecular weight is 280 g/mol. The Morgan fingerprint density at radius 1 is 1.50 bits per heavy atom. The molecule has 2 rings (SSSR count). The number of nitrogens with one attached hydrogen (secondary N) is 1. The van der Waals surface area contributed by atoms with Crippen LogP contribution in [0.5, 0.6) is 0 Å². The van der Waals surface area contributed by atoms with Crippen LogP contribution in [-0.2, 0) is 4.74 Å². The predicted molar refractivity (Wildman–Crippen MR) is 80.8 cm³/mol. The summed E-state index contributed by atoms with van der Waals surface area (Å²) in [6.07, 6.45) is 5.20. The van der Waals surface area contributed by atoms with Crippen molar-refractivity contribution < 1.29 is 4.74 Å². The molecule has 2 unspecified atom stereocenters. The van der Waals surface area contributed by atoms with Gasteiger partial charge in [0.1, 0.15) is 6.10 Å². The lowest BCUT2D eigenvalue weighted by Gasteiger charge is -2.30. The van der Waals surface area contributed by atoms with Gasteiger partial charge in [0.25, 0.3) is 0 Å². The van der Waals surface area contributed by atoms with Crippen LogP contribution >= 0.6 is 0 Å². The minimum absolute atomic E-state index is 0.128. The standard InChI is InChI=1S/C15H28N4O/c1-12(2)7-13(10-18(3)4)19-11-17-8-14(19)15-9-16-5-6-20-15/h8,11-13,15-16H,5-7,9-10H2,1-4H3. The Bertz CT molecular complexity index is 386. The first-order chi connectivity index (χ1) is 9.58.